The first kappa shape index (κ1) is 14.1. The molecule has 3 nitrogen and oxygen atoms in total. The molecule has 1 atom stereocenters. The summed E-state index contributed by atoms with van der Waals surface area (Å²) >= 11 is 0. The predicted octanol–water partition coefficient (Wildman–Crippen LogP) is 2.54. The fraction of sp³-hybridized carbons (Fsp3) is 0.562. The number of carbonyl (C=O) groups excluding carboxylic acids is 1. The zero-order valence-corrected chi connectivity index (χ0v) is 12.3. The van der Waals surface area contributed by atoms with Gasteiger partial charge in [0.1, 0.15) is 0 Å². The summed E-state index contributed by atoms with van der Waals surface area (Å²) < 4.78 is 0. The van der Waals surface area contributed by atoms with Crippen LogP contribution in [0.3, 0.4) is 0 Å². The van der Waals surface area contributed by atoms with Crippen LogP contribution in [0.1, 0.15) is 48.1 Å². The van der Waals surface area contributed by atoms with Crippen LogP contribution in [0.5, 0.6) is 0 Å². The minimum atomic E-state index is 0.107. The first-order chi connectivity index (χ1) is 8.97. The minimum absolute atomic E-state index is 0.107. The van der Waals surface area contributed by atoms with Crippen molar-refractivity contribution < 1.29 is 4.79 Å². The van der Waals surface area contributed by atoms with Gasteiger partial charge in [0.25, 0.3) is 0 Å². The molecule has 0 saturated heterocycles. The van der Waals surface area contributed by atoms with Crippen LogP contribution in [0.15, 0.2) is 12.1 Å². The predicted molar refractivity (Wildman–Crippen MR) is 78.2 cm³/mol. The second-order valence-electron chi connectivity index (χ2n) is 5.74. The summed E-state index contributed by atoms with van der Waals surface area (Å²) in [7, 11) is 0. The van der Waals surface area contributed by atoms with Gasteiger partial charge in [0.2, 0.25) is 5.91 Å². The molecule has 0 radical (unpaired) electrons. The second kappa shape index (κ2) is 5.74. The summed E-state index contributed by atoms with van der Waals surface area (Å²) in [4.78, 5) is 11.7. The van der Waals surface area contributed by atoms with E-state index in [0.717, 1.165) is 12.8 Å². The Bertz CT molecular complexity index is 478. The van der Waals surface area contributed by atoms with Gasteiger partial charge in [0.15, 0.2) is 0 Å². The van der Waals surface area contributed by atoms with Gasteiger partial charge < -0.3 is 10.6 Å². The lowest BCUT2D eigenvalue weighted by molar-refractivity contribution is -0.120. The van der Waals surface area contributed by atoms with Gasteiger partial charge >= 0.3 is 0 Å². The third-order valence-electron chi connectivity index (χ3n) is 3.86. The average molecular weight is 260 g/mol. The van der Waals surface area contributed by atoms with Crippen LogP contribution in [0.25, 0.3) is 0 Å². The van der Waals surface area contributed by atoms with Crippen molar-refractivity contribution in [1.29, 1.82) is 0 Å². The third kappa shape index (κ3) is 3.80. The van der Waals surface area contributed by atoms with Crippen molar-refractivity contribution in [3.05, 3.63) is 34.4 Å². The number of carbonyl (C=O) groups is 1. The summed E-state index contributed by atoms with van der Waals surface area (Å²) in [5.41, 5.74) is 5.18. The number of amides is 1. The van der Waals surface area contributed by atoms with Crippen LogP contribution in [0.4, 0.5) is 0 Å². The fourth-order valence-electron chi connectivity index (χ4n) is 2.31. The highest BCUT2D eigenvalue weighted by molar-refractivity contribution is 5.78. The van der Waals surface area contributed by atoms with Gasteiger partial charge in [-0.3, -0.25) is 4.79 Å². The van der Waals surface area contributed by atoms with E-state index >= 15 is 0 Å². The number of aryl methyl sites for hydroxylation is 3. The van der Waals surface area contributed by atoms with Gasteiger partial charge in [-0.1, -0.05) is 12.1 Å². The molecule has 1 saturated carbocycles. The van der Waals surface area contributed by atoms with Crippen LogP contribution < -0.4 is 10.6 Å². The van der Waals surface area contributed by atoms with Crippen LogP contribution in [-0.2, 0) is 4.79 Å². The molecule has 1 aliphatic carbocycles. The maximum Gasteiger partial charge on any atom is 0.234 e. The zero-order valence-electron chi connectivity index (χ0n) is 12.3. The standard InChI is InChI=1S/C16H24N2O/c1-10-7-12(3)15(8-11(10)2)13(4)17-9-16(19)18-14-5-6-14/h7-8,13-14,17H,5-6,9H2,1-4H3,(H,18,19). The van der Waals surface area contributed by atoms with Gasteiger partial charge in [0, 0.05) is 12.1 Å². The maximum atomic E-state index is 11.7. The minimum Gasteiger partial charge on any atom is -0.352 e. The molecule has 1 amide bonds. The molecule has 0 bridgehead atoms. The monoisotopic (exact) mass is 260 g/mol. The van der Waals surface area contributed by atoms with E-state index in [2.05, 4.69) is 50.5 Å². The molecule has 3 heteroatoms. The summed E-state index contributed by atoms with van der Waals surface area (Å²) in [6.07, 6.45) is 2.27. The number of rotatable bonds is 5. The highest BCUT2D eigenvalue weighted by atomic mass is 16.2. The fourth-order valence-corrected chi connectivity index (χ4v) is 2.31. The quantitative estimate of drug-likeness (QED) is 0.854. The summed E-state index contributed by atoms with van der Waals surface area (Å²) in [6.45, 7) is 8.90. The molecule has 104 valence electrons. The molecule has 0 heterocycles. The molecule has 1 fully saturated rings. The van der Waals surface area contributed by atoms with E-state index in [-0.39, 0.29) is 11.9 Å². The normalized spacial score (nSPS) is 16.2. The van der Waals surface area contributed by atoms with Gasteiger partial charge in [-0.2, -0.15) is 0 Å². The molecule has 19 heavy (non-hydrogen) atoms. The van der Waals surface area contributed by atoms with Crippen molar-refractivity contribution in [2.24, 2.45) is 0 Å². The molecule has 0 aliphatic heterocycles. The Balaban J connectivity index is 1.93. The van der Waals surface area contributed by atoms with Crippen molar-refractivity contribution >= 4 is 5.91 Å². The summed E-state index contributed by atoms with van der Waals surface area (Å²) in [5, 5.41) is 6.30. The second-order valence-corrected chi connectivity index (χ2v) is 5.74. The van der Waals surface area contributed by atoms with Crippen molar-refractivity contribution in [2.75, 3.05) is 6.54 Å². The van der Waals surface area contributed by atoms with Gasteiger partial charge in [-0.15, -0.1) is 0 Å². The molecule has 1 aliphatic rings. The van der Waals surface area contributed by atoms with E-state index < -0.39 is 0 Å². The van der Waals surface area contributed by atoms with E-state index in [1.165, 1.54) is 22.3 Å². The Morgan fingerprint density at radius 2 is 1.84 bits per heavy atom. The molecule has 1 aromatic carbocycles. The van der Waals surface area contributed by atoms with E-state index in [1.54, 1.807) is 0 Å². The third-order valence-corrected chi connectivity index (χ3v) is 3.86. The number of hydrogen-bond acceptors (Lipinski definition) is 2. The molecule has 2 rings (SSSR count). The summed E-state index contributed by atoms with van der Waals surface area (Å²) in [6, 6.07) is 5.08. The van der Waals surface area contributed by atoms with E-state index in [0.29, 0.717) is 12.6 Å². The number of hydrogen-bond donors (Lipinski definition) is 2. The lowest BCUT2D eigenvalue weighted by atomic mass is 9.96. The van der Waals surface area contributed by atoms with Gasteiger partial charge in [-0.05, 0) is 62.8 Å². The van der Waals surface area contributed by atoms with Gasteiger partial charge in [-0.25, -0.2) is 0 Å². The lowest BCUT2D eigenvalue weighted by Crippen LogP contribution is -2.36. The molecular weight excluding hydrogens is 236 g/mol. The molecule has 1 aromatic rings. The highest BCUT2D eigenvalue weighted by Crippen LogP contribution is 2.21. The van der Waals surface area contributed by atoms with Crippen molar-refractivity contribution in [2.45, 2.75) is 52.6 Å². The van der Waals surface area contributed by atoms with Gasteiger partial charge in [0.05, 0.1) is 6.54 Å². The maximum absolute atomic E-state index is 11.7. The van der Waals surface area contributed by atoms with E-state index in [9.17, 15) is 4.79 Å². The Hall–Kier alpha value is -1.35. The first-order valence-electron chi connectivity index (χ1n) is 7.08. The SMILES string of the molecule is Cc1cc(C)c(C(C)NCC(=O)NC2CC2)cc1C. The van der Waals surface area contributed by atoms with Crippen molar-refractivity contribution in [1.82, 2.24) is 10.6 Å². The van der Waals surface area contributed by atoms with Crippen LogP contribution in [0, 0.1) is 20.8 Å². The lowest BCUT2D eigenvalue weighted by Gasteiger charge is -2.18. The molecule has 2 N–H and O–H groups in total. The molecule has 0 aromatic heterocycles. The molecule has 1 unspecified atom stereocenters. The van der Waals surface area contributed by atoms with Crippen LogP contribution in [0.2, 0.25) is 0 Å². The summed E-state index contributed by atoms with van der Waals surface area (Å²) in [5.74, 6) is 0.107. The van der Waals surface area contributed by atoms with Crippen LogP contribution in [-0.4, -0.2) is 18.5 Å². The zero-order chi connectivity index (χ0) is 14.0. The molecule has 0 spiro atoms. The van der Waals surface area contributed by atoms with Crippen molar-refractivity contribution in [3.8, 4) is 0 Å². The first-order valence-corrected chi connectivity index (χ1v) is 7.08. The molecular formula is C16H24N2O. The van der Waals surface area contributed by atoms with E-state index in [1.807, 2.05) is 0 Å². The Morgan fingerprint density at radius 3 is 2.47 bits per heavy atom. The Labute approximate surface area is 115 Å². The topological polar surface area (TPSA) is 41.1 Å². The smallest absolute Gasteiger partial charge is 0.234 e. The Morgan fingerprint density at radius 1 is 1.21 bits per heavy atom. The highest BCUT2D eigenvalue weighted by Gasteiger charge is 2.23. The van der Waals surface area contributed by atoms with Crippen molar-refractivity contribution in [3.63, 3.8) is 0 Å². The number of nitrogens with one attached hydrogen (secondary N) is 2. The number of benzene rings is 1. The van der Waals surface area contributed by atoms with E-state index in [4.69, 9.17) is 0 Å². The average Bonchev–Trinajstić information content (AvgIpc) is 3.14. The largest absolute Gasteiger partial charge is 0.352 e. The Kier molecular flexibility index (Phi) is 4.25. The van der Waals surface area contributed by atoms with Crippen LogP contribution >= 0.6 is 0 Å².